The van der Waals surface area contributed by atoms with Crippen molar-refractivity contribution < 1.29 is 14.3 Å². The number of halogens is 1. The molecule has 0 spiro atoms. The van der Waals surface area contributed by atoms with Crippen LogP contribution in [0.25, 0.3) is 0 Å². The van der Waals surface area contributed by atoms with E-state index in [1.807, 2.05) is 44.2 Å². The first-order valence-corrected chi connectivity index (χ1v) is 8.24. The van der Waals surface area contributed by atoms with Crippen molar-refractivity contribution in [1.29, 1.82) is 0 Å². The number of rotatable bonds is 7. The van der Waals surface area contributed by atoms with E-state index in [1.165, 1.54) is 0 Å². The molecule has 1 amide bonds. The highest BCUT2D eigenvalue weighted by Gasteiger charge is 2.14. The SMILES string of the molecule is CCC(NC(=O)COc1ccccc1Cl)c1ccc(OC)c(C)c1. The summed E-state index contributed by atoms with van der Waals surface area (Å²) >= 11 is 6.01. The molecule has 1 N–H and O–H groups in total. The van der Waals surface area contributed by atoms with Gasteiger partial charge in [0.25, 0.3) is 5.91 Å². The van der Waals surface area contributed by atoms with Gasteiger partial charge in [0.05, 0.1) is 18.2 Å². The molecule has 0 bridgehead atoms. The topological polar surface area (TPSA) is 47.6 Å². The van der Waals surface area contributed by atoms with Crippen LogP contribution in [0.5, 0.6) is 11.5 Å². The Morgan fingerprint density at radius 1 is 1.21 bits per heavy atom. The first kappa shape index (κ1) is 18.1. The largest absolute Gasteiger partial charge is 0.496 e. The van der Waals surface area contributed by atoms with E-state index >= 15 is 0 Å². The Balaban J connectivity index is 1.98. The van der Waals surface area contributed by atoms with E-state index in [9.17, 15) is 4.79 Å². The Hall–Kier alpha value is -2.20. The fourth-order valence-corrected chi connectivity index (χ4v) is 2.67. The van der Waals surface area contributed by atoms with Crippen LogP contribution in [-0.2, 0) is 4.79 Å². The number of para-hydroxylation sites is 1. The maximum atomic E-state index is 12.2. The Morgan fingerprint density at radius 3 is 2.58 bits per heavy atom. The number of carbonyl (C=O) groups is 1. The third-order valence-electron chi connectivity index (χ3n) is 3.76. The first-order valence-electron chi connectivity index (χ1n) is 7.86. The minimum Gasteiger partial charge on any atom is -0.496 e. The van der Waals surface area contributed by atoms with Gasteiger partial charge >= 0.3 is 0 Å². The molecule has 0 saturated carbocycles. The second-order valence-corrected chi connectivity index (χ2v) is 5.88. The second-order valence-electron chi connectivity index (χ2n) is 5.48. The summed E-state index contributed by atoms with van der Waals surface area (Å²) in [6, 6.07) is 12.9. The number of aryl methyl sites for hydroxylation is 1. The van der Waals surface area contributed by atoms with Crippen molar-refractivity contribution in [3.8, 4) is 11.5 Å². The first-order chi connectivity index (χ1) is 11.5. The number of hydrogen-bond donors (Lipinski definition) is 1. The summed E-state index contributed by atoms with van der Waals surface area (Å²) in [6.07, 6.45) is 0.781. The summed E-state index contributed by atoms with van der Waals surface area (Å²) in [4.78, 5) is 12.2. The molecule has 2 aromatic rings. The Bertz CT molecular complexity index is 703. The number of hydrogen-bond acceptors (Lipinski definition) is 3. The van der Waals surface area contributed by atoms with Gasteiger partial charge in [-0.3, -0.25) is 4.79 Å². The van der Waals surface area contributed by atoms with Crippen LogP contribution in [0.4, 0.5) is 0 Å². The fraction of sp³-hybridized carbons (Fsp3) is 0.316. The van der Waals surface area contributed by atoms with Crippen LogP contribution in [0.15, 0.2) is 42.5 Å². The summed E-state index contributed by atoms with van der Waals surface area (Å²) in [5.74, 6) is 1.15. The van der Waals surface area contributed by atoms with Gasteiger partial charge in [0.2, 0.25) is 0 Å². The minimum absolute atomic E-state index is 0.0723. The van der Waals surface area contributed by atoms with Crippen LogP contribution in [0.2, 0.25) is 5.02 Å². The maximum absolute atomic E-state index is 12.2. The predicted octanol–water partition coefficient (Wildman–Crippen LogP) is 4.30. The van der Waals surface area contributed by atoms with Gasteiger partial charge in [-0.05, 0) is 42.7 Å². The molecule has 0 saturated heterocycles. The number of carbonyl (C=O) groups excluding carboxylic acids is 1. The average Bonchev–Trinajstić information content (AvgIpc) is 2.59. The lowest BCUT2D eigenvalue weighted by Crippen LogP contribution is -2.32. The summed E-state index contributed by atoms with van der Waals surface area (Å²) < 4.78 is 10.7. The Labute approximate surface area is 147 Å². The van der Waals surface area contributed by atoms with E-state index < -0.39 is 0 Å². The highest BCUT2D eigenvalue weighted by atomic mass is 35.5. The molecule has 0 radical (unpaired) electrons. The number of benzene rings is 2. The number of ether oxygens (including phenoxy) is 2. The number of nitrogens with one attached hydrogen (secondary N) is 1. The highest BCUT2D eigenvalue weighted by Crippen LogP contribution is 2.25. The molecule has 2 aromatic carbocycles. The van der Waals surface area contributed by atoms with Gasteiger partial charge < -0.3 is 14.8 Å². The molecule has 2 rings (SSSR count). The van der Waals surface area contributed by atoms with Crippen LogP contribution in [0.3, 0.4) is 0 Å². The van der Waals surface area contributed by atoms with E-state index in [0.29, 0.717) is 10.8 Å². The Morgan fingerprint density at radius 2 is 1.96 bits per heavy atom. The van der Waals surface area contributed by atoms with Crippen LogP contribution >= 0.6 is 11.6 Å². The molecule has 5 heteroatoms. The lowest BCUT2D eigenvalue weighted by atomic mass is 10.0. The number of methoxy groups -OCH3 is 1. The van der Waals surface area contributed by atoms with Crippen molar-refractivity contribution in [2.75, 3.05) is 13.7 Å². The van der Waals surface area contributed by atoms with Gasteiger partial charge in [0.1, 0.15) is 11.5 Å². The quantitative estimate of drug-likeness (QED) is 0.812. The summed E-state index contributed by atoms with van der Waals surface area (Å²) in [5.41, 5.74) is 2.08. The minimum atomic E-state index is -0.185. The fourth-order valence-electron chi connectivity index (χ4n) is 2.48. The molecule has 0 heterocycles. The van der Waals surface area contributed by atoms with E-state index in [4.69, 9.17) is 21.1 Å². The summed E-state index contributed by atoms with van der Waals surface area (Å²) in [5, 5.41) is 3.48. The molecule has 0 aliphatic carbocycles. The molecular formula is C19H22ClNO3. The van der Waals surface area contributed by atoms with Gasteiger partial charge in [0, 0.05) is 0 Å². The molecule has 4 nitrogen and oxygen atoms in total. The Kier molecular flexibility index (Phi) is 6.50. The normalized spacial score (nSPS) is 11.7. The van der Waals surface area contributed by atoms with Crippen LogP contribution in [0, 0.1) is 6.92 Å². The predicted molar refractivity (Wildman–Crippen MR) is 95.9 cm³/mol. The van der Waals surface area contributed by atoms with Gasteiger partial charge in [-0.2, -0.15) is 0 Å². The molecule has 1 unspecified atom stereocenters. The molecule has 128 valence electrons. The zero-order valence-corrected chi connectivity index (χ0v) is 14.9. The molecule has 0 aliphatic heterocycles. The van der Waals surface area contributed by atoms with Crippen LogP contribution < -0.4 is 14.8 Å². The lowest BCUT2D eigenvalue weighted by molar-refractivity contribution is -0.123. The molecule has 1 atom stereocenters. The third kappa shape index (κ3) is 4.65. The van der Waals surface area contributed by atoms with E-state index in [1.54, 1.807) is 19.2 Å². The smallest absolute Gasteiger partial charge is 0.258 e. The van der Waals surface area contributed by atoms with Crippen molar-refractivity contribution in [1.82, 2.24) is 5.32 Å². The van der Waals surface area contributed by atoms with E-state index in [2.05, 4.69) is 5.32 Å². The number of amides is 1. The second kappa shape index (κ2) is 8.60. The van der Waals surface area contributed by atoms with Crippen LogP contribution in [-0.4, -0.2) is 19.6 Å². The average molecular weight is 348 g/mol. The standard InChI is InChI=1S/C19H22ClNO3/c1-4-16(14-9-10-17(23-3)13(2)11-14)21-19(22)12-24-18-8-6-5-7-15(18)20/h5-11,16H,4,12H2,1-3H3,(H,21,22). The molecule has 0 fully saturated rings. The van der Waals surface area contributed by atoms with Crippen molar-refractivity contribution >= 4 is 17.5 Å². The molecule has 0 aliphatic rings. The third-order valence-corrected chi connectivity index (χ3v) is 4.07. The van der Waals surface area contributed by atoms with Gasteiger partial charge in [-0.1, -0.05) is 42.8 Å². The summed E-state index contributed by atoms with van der Waals surface area (Å²) in [6.45, 7) is 3.94. The van der Waals surface area contributed by atoms with Gasteiger partial charge in [-0.15, -0.1) is 0 Å². The summed E-state index contributed by atoms with van der Waals surface area (Å²) in [7, 11) is 1.65. The van der Waals surface area contributed by atoms with Crippen LogP contribution in [0.1, 0.15) is 30.5 Å². The highest BCUT2D eigenvalue weighted by molar-refractivity contribution is 6.32. The van der Waals surface area contributed by atoms with Gasteiger partial charge in [0.15, 0.2) is 6.61 Å². The van der Waals surface area contributed by atoms with Crippen molar-refractivity contribution in [2.45, 2.75) is 26.3 Å². The van der Waals surface area contributed by atoms with E-state index in [0.717, 1.165) is 23.3 Å². The zero-order chi connectivity index (χ0) is 17.5. The molecule has 24 heavy (non-hydrogen) atoms. The zero-order valence-electron chi connectivity index (χ0n) is 14.1. The molecule has 0 aromatic heterocycles. The maximum Gasteiger partial charge on any atom is 0.258 e. The van der Waals surface area contributed by atoms with Crippen molar-refractivity contribution in [3.05, 3.63) is 58.6 Å². The lowest BCUT2D eigenvalue weighted by Gasteiger charge is -2.19. The van der Waals surface area contributed by atoms with Gasteiger partial charge in [-0.25, -0.2) is 0 Å². The monoisotopic (exact) mass is 347 g/mol. The van der Waals surface area contributed by atoms with Crippen molar-refractivity contribution in [2.24, 2.45) is 0 Å². The molecular weight excluding hydrogens is 326 g/mol. The van der Waals surface area contributed by atoms with Crippen molar-refractivity contribution in [3.63, 3.8) is 0 Å². The van der Waals surface area contributed by atoms with E-state index in [-0.39, 0.29) is 18.6 Å².